The van der Waals surface area contributed by atoms with E-state index in [1.807, 2.05) is 37.3 Å². The maximum absolute atomic E-state index is 9.13. The van der Waals surface area contributed by atoms with E-state index in [4.69, 9.17) is 28.3 Å². The molecule has 100 valence electrons. The molecule has 0 bridgehead atoms. The van der Waals surface area contributed by atoms with Gasteiger partial charge in [0, 0.05) is 15.7 Å². The van der Waals surface area contributed by atoms with Crippen molar-refractivity contribution in [1.82, 2.24) is 0 Å². The molecule has 1 unspecified atom stereocenters. The summed E-state index contributed by atoms with van der Waals surface area (Å²) in [6, 6.07) is 13.1. The zero-order valence-corrected chi connectivity index (χ0v) is 12.0. The molecule has 19 heavy (non-hydrogen) atoms. The van der Waals surface area contributed by atoms with Crippen LogP contribution in [0.4, 0.5) is 5.69 Å². The Kier molecular flexibility index (Phi) is 4.70. The van der Waals surface area contributed by atoms with E-state index in [0.717, 1.165) is 16.8 Å². The maximum atomic E-state index is 9.13. The van der Waals surface area contributed by atoms with E-state index in [9.17, 15) is 0 Å². The molecule has 0 amide bonds. The number of aliphatic hydroxyl groups is 1. The summed E-state index contributed by atoms with van der Waals surface area (Å²) < 4.78 is 0. The zero-order chi connectivity index (χ0) is 13.8. The Morgan fingerprint density at radius 1 is 1.16 bits per heavy atom. The van der Waals surface area contributed by atoms with Crippen LogP contribution in [0.25, 0.3) is 0 Å². The minimum Gasteiger partial charge on any atom is -0.392 e. The Morgan fingerprint density at radius 3 is 2.68 bits per heavy atom. The highest BCUT2D eigenvalue weighted by Gasteiger charge is 2.10. The SMILES string of the molecule is CC(Nc1cccc(CO)c1)c1cc(Cl)ccc1Cl. The molecule has 2 nitrogen and oxygen atoms in total. The first kappa shape index (κ1) is 14.2. The third-order valence-electron chi connectivity index (χ3n) is 2.92. The number of benzene rings is 2. The van der Waals surface area contributed by atoms with Crippen molar-refractivity contribution in [2.75, 3.05) is 5.32 Å². The number of halogens is 2. The van der Waals surface area contributed by atoms with Crippen LogP contribution in [0.15, 0.2) is 42.5 Å². The third-order valence-corrected chi connectivity index (χ3v) is 3.50. The fourth-order valence-electron chi connectivity index (χ4n) is 1.93. The second-order valence-electron chi connectivity index (χ2n) is 4.39. The van der Waals surface area contributed by atoms with Gasteiger partial charge in [0.05, 0.1) is 12.6 Å². The second-order valence-corrected chi connectivity index (χ2v) is 5.23. The van der Waals surface area contributed by atoms with Crippen molar-refractivity contribution in [3.8, 4) is 0 Å². The minimum atomic E-state index is 0.0279. The Balaban J connectivity index is 2.20. The molecule has 2 N–H and O–H groups in total. The maximum Gasteiger partial charge on any atom is 0.0682 e. The summed E-state index contributed by atoms with van der Waals surface area (Å²) in [5.41, 5.74) is 2.76. The van der Waals surface area contributed by atoms with Crippen LogP contribution in [0.1, 0.15) is 24.1 Å². The number of aliphatic hydroxyl groups excluding tert-OH is 1. The lowest BCUT2D eigenvalue weighted by atomic mass is 10.1. The van der Waals surface area contributed by atoms with Gasteiger partial charge in [-0.05, 0) is 48.4 Å². The molecule has 0 heterocycles. The van der Waals surface area contributed by atoms with E-state index < -0.39 is 0 Å². The highest BCUT2D eigenvalue weighted by Crippen LogP contribution is 2.28. The standard InChI is InChI=1S/C15H15Cl2NO/c1-10(14-8-12(16)5-6-15(14)17)18-13-4-2-3-11(7-13)9-19/h2-8,10,18-19H,9H2,1H3. The number of rotatable bonds is 4. The molecular weight excluding hydrogens is 281 g/mol. The van der Waals surface area contributed by atoms with Crippen LogP contribution in [0, 0.1) is 0 Å². The third kappa shape index (κ3) is 3.63. The largest absolute Gasteiger partial charge is 0.392 e. The second kappa shape index (κ2) is 6.29. The van der Waals surface area contributed by atoms with Gasteiger partial charge >= 0.3 is 0 Å². The summed E-state index contributed by atoms with van der Waals surface area (Å²) in [5.74, 6) is 0. The Hall–Kier alpha value is -1.22. The molecular formula is C15H15Cl2NO. The first-order valence-corrected chi connectivity index (χ1v) is 6.77. The summed E-state index contributed by atoms with van der Waals surface area (Å²) in [7, 11) is 0. The summed E-state index contributed by atoms with van der Waals surface area (Å²) in [4.78, 5) is 0. The van der Waals surface area contributed by atoms with Crippen LogP contribution in [0.2, 0.25) is 10.0 Å². The predicted molar refractivity (Wildman–Crippen MR) is 80.9 cm³/mol. The molecule has 0 spiro atoms. The number of anilines is 1. The molecule has 0 radical (unpaired) electrons. The van der Waals surface area contributed by atoms with Gasteiger partial charge in [0.15, 0.2) is 0 Å². The van der Waals surface area contributed by atoms with E-state index in [1.54, 1.807) is 12.1 Å². The average molecular weight is 296 g/mol. The van der Waals surface area contributed by atoms with E-state index in [0.29, 0.717) is 10.0 Å². The summed E-state index contributed by atoms with van der Waals surface area (Å²) in [6.07, 6.45) is 0. The number of nitrogens with one attached hydrogen (secondary N) is 1. The van der Waals surface area contributed by atoms with Crippen LogP contribution < -0.4 is 5.32 Å². The van der Waals surface area contributed by atoms with E-state index >= 15 is 0 Å². The van der Waals surface area contributed by atoms with Gasteiger partial charge < -0.3 is 10.4 Å². The van der Waals surface area contributed by atoms with Crippen molar-refractivity contribution in [3.05, 3.63) is 63.6 Å². The predicted octanol–water partition coefficient (Wildman–Crippen LogP) is 4.66. The Morgan fingerprint density at radius 2 is 1.95 bits per heavy atom. The van der Waals surface area contributed by atoms with Gasteiger partial charge in [0.1, 0.15) is 0 Å². The van der Waals surface area contributed by atoms with Crippen molar-refractivity contribution in [3.63, 3.8) is 0 Å². The topological polar surface area (TPSA) is 32.3 Å². The first-order valence-electron chi connectivity index (χ1n) is 6.01. The fraction of sp³-hybridized carbons (Fsp3) is 0.200. The van der Waals surface area contributed by atoms with Crippen molar-refractivity contribution >= 4 is 28.9 Å². The van der Waals surface area contributed by atoms with Crippen molar-refractivity contribution in [2.45, 2.75) is 19.6 Å². The van der Waals surface area contributed by atoms with Gasteiger partial charge in [-0.2, -0.15) is 0 Å². The van der Waals surface area contributed by atoms with Crippen molar-refractivity contribution < 1.29 is 5.11 Å². The molecule has 0 fully saturated rings. The normalized spacial score (nSPS) is 12.2. The average Bonchev–Trinajstić information content (AvgIpc) is 2.41. The minimum absolute atomic E-state index is 0.0279. The highest BCUT2D eigenvalue weighted by atomic mass is 35.5. The van der Waals surface area contributed by atoms with Gasteiger partial charge in [-0.15, -0.1) is 0 Å². The van der Waals surface area contributed by atoms with Crippen LogP contribution in [-0.4, -0.2) is 5.11 Å². The van der Waals surface area contributed by atoms with Gasteiger partial charge in [-0.3, -0.25) is 0 Å². The molecule has 0 aliphatic carbocycles. The quantitative estimate of drug-likeness (QED) is 0.860. The molecule has 2 rings (SSSR count). The lowest BCUT2D eigenvalue weighted by Gasteiger charge is -2.17. The van der Waals surface area contributed by atoms with Crippen LogP contribution >= 0.6 is 23.2 Å². The Bertz CT molecular complexity index is 572. The van der Waals surface area contributed by atoms with Crippen LogP contribution in [-0.2, 0) is 6.61 Å². The van der Waals surface area contributed by atoms with Gasteiger partial charge in [-0.1, -0.05) is 35.3 Å². The molecule has 0 aliphatic heterocycles. The van der Waals surface area contributed by atoms with Gasteiger partial charge in [0.25, 0.3) is 0 Å². The van der Waals surface area contributed by atoms with E-state index in [1.165, 1.54) is 0 Å². The van der Waals surface area contributed by atoms with Crippen molar-refractivity contribution in [2.24, 2.45) is 0 Å². The molecule has 0 saturated carbocycles. The van der Waals surface area contributed by atoms with E-state index in [-0.39, 0.29) is 12.6 Å². The summed E-state index contributed by atoms with van der Waals surface area (Å²) in [6.45, 7) is 2.05. The highest BCUT2D eigenvalue weighted by molar-refractivity contribution is 6.33. The number of hydrogen-bond donors (Lipinski definition) is 2. The molecule has 4 heteroatoms. The first-order chi connectivity index (χ1) is 9.10. The van der Waals surface area contributed by atoms with Crippen LogP contribution in [0.3, 0.4) is 0 Å². The molecule has 0 aromatic heterocycles. The molecule has 1 atom stereocenters. The zero-order valence-electron chi connectivity index (χ0n) is 10.5. The van der Waals surface area contributed by atoms with Gasteiger partial charge in [-0.25, -0.2) is 0 Å². The summed E-state index contributed by atoms with van der Waals surface area (Å²) >= 11 is 12.2. The summed E-state index contributed by atoms with van der Waals surface area (Å²) in [5, 5.41) is 13.8. The number of hydrogen-bond acceptors (Lipinski definition) is 2. The lowest BCUT2D eigenvalue weighted by Crippen LogP contribution is -2.07. The smallest absolute Gasteiger partial charge is 0.0682 e. The monoisotopic (exact) mass is 295 g/mol. The van der Waals surface area contributed by atoms with Gasteiger partial charge in [0.2, 0.25) is 0 Å². The lowest BCUT2D eigenvalue weighted by molar-refractivity contribution is 0.282. The van der Waals surface area contributed by atoms with E-state index in [2.05, 4.69) is 5.32 Å². The van der Waals surface area contributed by atoms with Crippen molar-refractivity contribution in [1.29, 1.82) is 0 Å². The molecule has 2 aromatic carbocycles. The Labute approximate surface area is 123 Å². The van der Waals surface area contributed by atoms with Crippen LogP contribution in [0.5, 0.6) is 0 Å². The molecule has 2 aromatic rings. The molecule has 0 aliphatic rings. The molecule has 0 saturated heterocycles. The fourth-order valence-corrected chi connectivity index (χ4v) is 2.40.